The number of carboxylic acid groups (broad SMARTS) is 1. The van der Waals surface area contributed by atoms with Crippen LogP contribution < -0.4 is 4.90 Å². The molecule has 8 heteroatoms. The van der Waals surface area contributed by atoms with Crippen molar-refractivity contribution >= 4 is 28.9 Å². The number of thiophene rings is 1. The van der Waals surface area contributed by atoms with E-state index in [-0.39, 0.29) is 40.9 Å². The van der Waals surface area contributed by atoms with Crippen LogP contribution in [0.15, 0.2) is 6.07 Å². The van der Waals surface area contributed by atoms with Gasteiger partial charge in [0.25, 0.3) is 0 Å². The van der Waals surface area contributed by atoms with E-state index in [0.29, 0.717) is 55.4 Å². The Morgan fingerprint density at radius 2 is 1.84 bits per heavy atom. The molecule has 38 heavy (non-hydrogen) atoms. The van der Waals surface area contributed by atoms with Crippen LogP contribution in [0.1, 0.15) is 100 Å². The van der Waals surface area contributed by atoms with Crippen LogP contribution in [-0.2, 0) is 14.3 Å². The number of aromatic carboxylic acids is 1. The van der Waals surface area contributed by atoms with Crippen LogP contribution in [0.3, 0.4) is 0 Å². The van der Waals surface area contributed by atoms with Crippen molar-refractivity contribution in [3.8, 4) is 11.8 Å². The van der Waals surface area contributed by atoms with Crippen molar-refractivity contribution < 1.29 is 29.3 Å². The number of aliphatic hydroxyl groups is 1. The number of carboxylic acids is 1. The number of carbonyl (C=O) groups is 2. The van der Waals surface area contributed by atoms with Gasteiger partial charge in [-0.25, -0.2) is 4.79 Å². The van der Waals surface area contributed by atoms with E-state index < -0.39 is 11.6 Å². The van der Waals surface area contributed by atoms with Crippen LogP contribution in [0.5, 0.6) is 0 Å². The number of amides is 1. The van der Waals surface area contributed by atoms with Gasteiger partial charge in [0, 0.05) is 24.0 Å². The fraction of sp³-hybridized carbons (Fsp3) is 0.733. The summed E-state index contributed by atoms with van der Waals surface area (Å²) in [4.78, 5) is 29.0. The normalized spacial score (nSPS) is 29.9. The molecular weight excluding hydrogens is 502 g/mol. The number of hydrogen-bond donors (Lipinski definition) is 2. The van der Waals surface area contributed by atoms with Crippen LogP contribution >= 0.6 is 11.3 Å². The number of rotatable bonds is 7. The molecule has 0 bridgehead atoms. The van der Waals surface area contributed by atoms with Gasteiger partial charge in [0.1, 0.15) is 4.88 Å². The van der Waals surface area contributed by atoms with E-state index in [9.17, 15) is 19.8 Å². The molecule has 0 unspecified atom stereocenters. The maximum absolute atomic E-state index is 14.1. The summed E-state index contributed by atoms with van der Waals surface area (Å²) in [6.07, 6.45) is 6.73. The largest absolute Gasteiger partial charge is 0.477 e. The zero-order valence-corrected chi connectivity index (χ0v) is 24.1. The Morgan fingerprint density at radius 3 is 2.42 bits per heavy atom. The monoisotopic (exact) mass is 545 g/mol. The number of carbonyl (C=O) groups excluding carboxylic acids is 1. The summed E-state index contributed by atoms with van der Waals surface area (Å²) in [7, 11) is 0. The Kier molecular flexibility index (Phi) is 9.24. The molecule has 0 aromatic carbocycles. The van der Waals surface area contributed by atoms with Crippen molar-refractivity contribution in [1.29, 1.82) is 0 Å². The van der Waals surface area contributed by atoms with Crippen LogP contribution in [-0.4, -0.2) is 59.7 Å². The summed E-state index contributed by atoms with van der Waals surface area (Å²) in [5, 5.41) is 21.3. The number of hydrogen-bond acceptors (Lipinski definition) is 6. The lowest BCUT2D eigenvalue weighted by Crippen LogP contribution is -2.50. The smallest absolute Gasteiger partial charge is 0.348 e. The van der Waals surface area contributed by atoms with E-state index >= 15 is 0 Å². The Labute approximate surface area is 230 Å². The van der Waals surface area contributed by atoms with Crippen molar-refractivity contribution in [2.45, 2.75) is 103 Å². The summed E-state index contributed by atoms with van der Waals surface area (Å²) < 4.78 is 11.3. The van der Waals surface area contributed by atoms with E-state index in [1.807, 2.05) is 20.8 Å². The van der Waals surface area contributed by atoms with Gasteiger partial charge in [-0.3, -0.25) is 4.79 Å². The maximum Gasteiger partial charge on any atom is 0.348 e. The standard InChI is InChI=1S/C30H43NO6S/c1-20-5-7-21(8-6-20)27(32)31(25-17-24(11-13-29(2,3)4)38-26(25)28(33)34)22-9-14-30(35,15-10-22)19-37-23-12-16-36-18-23/h17,20-23,35H,5-10,12,14-16,18-19H2,1-4H3,(H,33,34)/t20-,21-,22-,23-,30-/m0/s1. The number of nitrogens with zero attached hydrogens (tertiary/aromatic N) is 1. The molecule has 0 radical (unpaired) electrons. The molecule has 210 valence electrons. The molecular formula is C30H43NO6S. The van der Waals surface area contributed by atoms with E-state index in [1.54, 1.807) is 11.0 Å². The SMILES string of the molecule is CC(C)(C)C#Cc1cc(N(C(=O)[C@H]2CC[C@H](C)CC2)[C@H]2CC[C@@](O)(CO[C@H]3CCOC3)CC2)c(C(=O)O)s1. The molecule has 1 atom stereocenters. The van der Waals surface area contributed by atoms with Gasteiger partial charge in [0.05, 0.1) is 35.5 Å². The molecule has 2 saturated carbocycles. The maximum atomic E-state index is 14.1. The predicted molar refractivity (Wildman–Crippen MR) is 149 cm³/mol. The lowest BCUT2D eigenvalue weighted by Gasteiger charge is -2.42. The molecule has 3 aliphatic rings. The van der Waals surface area contributed by atoms with Crippen LogP contribution in [0.4, 0.5) is 5.69 Å². The average Bonchev–Trinajstić information content (AvgIpc) is 3.53. The Morgan fingerprint density at radius 1 is 1.16 bits per heavy atom. The lowest BCUT2D eigenvalue weighted by molar-refractivity contribution is -0.125. The van der Waals surface area contributed by atoms with Gasteiger partial charge >= 0.3 is 5.97 Å². The summed E-state index contributed by atoms with van der Waals surface area (Å²) in [6.45, 7) is 9.78. The van der Waals surface area contributed by atoms with E-state index in [1.165, 1.54) is 0 Å². The minimum Gasteiger partial charge on any atom is -0.477 e. The molecule has 1 aliphatic heterocycles. The Hall–Kier alpha value is -1.92. The van der Waals surface area contributed by atoms with Crippen LogP contribution in [0.2, 0.25) is 0 Å². The minimum atomic E-state index is -1.04. The van der Waals surface area contributed by atoms with Gasteiger partial charge in [-0.05, 0) is 90.5 Å². The summed E-state index contributed by atoms with van der Waals surface area (Å²) in [6, 6.07) is 1.62. The predicted octanol–water partition coefficient (Wildman–Crippen LogP) is 5.48. The molecule has 3 fully saturated rings. The third kappa shape index (κ3) is 7.38. The van der Waals surface area contributed by atoms with Gasteiger partial charge in [-0.15, -0.1) is 11.3 Å². The van der Waals surface area contributed by atoms with Crippen molar-refractivity contribution in [2.24, 2.45) is 17.3 Å². The second-order valence-corrected chi connectivity index (χ2v) is 13.6. The first-order chi connectivity index (χ1) is 17.9. The molecule has 1 saturated heterocycles. The van der Waals surface area contributed by atoms with E-state index in [2.05, 4.69) is 18.8 Å². The highest BCUT2D eigenvalue weighted by atomic mass is 32.1. The first-order valence-electron chi connectivity index (χ1n) is 14.1. The fourth-order valence-corrected chi connectivity index (χ4v) is 6.52. The van der Waals surface area contributed by atoms with Crippen molar-refractivity contribution in [3.05, 3.63) is 15.8 Å². The highest BCUT2D eigenvalue weighted by Crippen LogP contribution is 2.40. The molecule has 0 spiro atoms. The molecule has 1 amide bonds. The average molecular weight is 546 g/mol. The second kappa shape index (κ2) is 12.1. The Balaban J connectivity index is 1.58. The second-order valence-electron chi connectivity index (χ2n) is 12.5. The quantitative estimate of drug-likeness (QED) is 0.441. The first kappa shape index (κ1) is 29.1. The summed E-state index contributed by atoms with van der Waals surface area (Å²) in [5.74, 6) is 5.81. The summed E-state index contributed by atoms with van der Waals surface area (Å²) in [5.41, 5.74) is -0.705. The highest BCUT2D eigenvalue weighted by molar-refractivity contribution is 7.15. The molecule has 4 rings (SSSR count). The van der Waals surface area contributed by atoms with Gasteiger partial charge in [-0.2, -0.15) is 0 Å². The van der Waals surface area contributed by atoms with Crippen LogP contribution in [0, 0.1) is 29.1 Å². The molecule has 2 N–H and O–H groups in total. The third-order valence-electron chi connectivity index (χ3n) is 8.06. The Bertz CT molecular complexity index is 1040. The lowest BCUT2D eigenvalue weighted by atomic mass is 9.79. The zero-order valence-electron chi connectivity index (χ0n) is 23.3. The zero-order chi connectivity index (χ0) is 27.5. The van der Waals surface area contributed by atoms with E-state index in [4.69, 9.17) is 9.47 Å². The third-order valence-corrected chi connectivity index (χ3v) is 9.08. The molecule has 7 nitrogen and oxygen atoms in total. The topological polar surface area (TPSA) is 96.3 Å². The minimum absolute atomic E-state index is 0.0160. The van der Waals surface area contributed by atoms with Gasteiger partial charge < -0.3 is 24.6 Å². The van der Waals surface area contributed by atoms with Crippen molar-refractivity contribution in [1.82, 2.24) is 0 Å². The molecule has 1 aromatic heterocycles. The van der Waals surface area contributed by atoms with Crippen molar-refractivity contribution in [2.75, 3.05) is 24.7 Å². The van der Waals surface area contributed by atoms with Crippen LogP contribution in [0.25, 0.3) is 0 Å². The first-order valence-corrected chi connectivity index (χ1v) is 14.9. The highest BCUT2D eigenvalue weighted by Gasteiger charge is 2.41. The van der Waals surface area contributed by atoms with Gasteiger partial charge in [0.15, 0.2) is 0 Å². The van der Waals surface area contributed by atoms with Crippen molar-refractivity contribution in [3.63, 3.8) is 0 Å². The molecule has 2 heterocycles. The van der Waals surface area contributed by atoms with Gasteiger partial charge in [0.2, 0.25) is 5.91 Å². The fourth-order valence-electron chi connectivity index (χ4n) is 5.68. The number of ether oxygens (including phenoxy) is 2. The molecule has 2 aliphatic carbocycles. The summed E-state index contributed by atoms with van der Waals surface area (Å²) >= 11 is 1.14. The molecule has 1 aromatic rings. The van der Waals surface area contributed by atoms with Gasteiger partial charge in [-0.1, -0.05) is 18.8 Å². The number of anilines is 1. The van der Waals surface area contributed by atoms with E-state index in [0.717, 1.165) is 43.4 Å².